The molecule has 0 radical (unpaired) electrons. The Bertz CT molecular complexity index is 839. The van der Waals surface area contributed by atoms with Gasteiger partial charge in [0.1, 0.15) is 11.6 Å². The van der Waals surface area contributed by atoms with E-state index in [1.54, 1.807) is 0 Å². The van der Waals surface area contributed by atoms with E-state index in [1.165, 1.54) is 18.2 Å². The Balaban J connectivity index is 0.00000240. The molecule has 3 rings (SSSR count). The molecule has 0 bridgehead atoms. The largest absolute Gasteiger partial charge is 0.573 e. The molecule has 31 heavy (non-hydrogen) atoms. The first kappa shape index (κ1) is 27.3. The van der Waals surface area contributed by atoms with E-state index in [1.807, 2.05) is 4.90 Å². The Morgan fingerprint density at radius 1 is 0.839 bits per heavy atom. The molecule has 1 aliphatic heterocycles. The molecule has 1 atom stereocenters. The minimum absolute atomic E-state index is 0. The van der Waals surface area contributed by atoms with E-state index in [2.05, 4.69) is 10.1 Å². The second-order valence-electron chi connectivity index (χ2n) is 6.54. The molecule has 0 unspecified atom stereocenters. The molecule has 0 aliphatic carbocycles. The maximum Gasteiger partial charge on any atom is 0.573 e. The quantitative estimate of drug-likeness (QED) is 0.561. The molecule has 2 aromatic rings. The number of nitrogens with one attached hydrogen (secondary N) is 1. The molecular weight excluding hydrogens is 476 g/mol. The molecule has 0 saturated carbocycles. The number of hydrogen-bond donors (Lipinski definition) is 1. The van der Waals surface area contributed by atoms with Crippen LogP contribution in [-0.4, -0.2) is 37.4 Å². The van der Waals surface area contributed by atoms with Crippen molar-refractivity contribution >= 4 is 24.8 Å². The van der Waals surface area contributed by atoms with Gasteiger partial charge in [-0.05, 0) is 35.4 Å². The topological polar surface area (TPSA) is 24.5 Å². The first-order valence-electron chi connectivity index (χ1n) is 8.72. The lowest BCUT2D eigenvalue weighted by atomic mass is 9.94. The van der Waals surface area contributed by atoms with E-state index < -0.39 is 35.7 Å². The van der Waals surface area contributed by atoms with Crippen LogP contribution in [0.2, 0.25) is 0 Å². The van der Waals surface area contributed by atoms with E-state index in [0.29, 0.717) is 31.7 Å². The van der Waals surface area contributed by atoms with E-state index in [-0.39, 0.29) is 30.4 Å². The van der Waals surface area contributed by atoms with Crippen LogP contribution in [-0.2, 0) is 6.18 Å². The molecule has 3 nitrogen and oxygen atoms in total. The molecule has 1 saturated heterocycles. The fraction of sp³-hybridized carbons (Fsp3) is 0.368. The summed E-state index contributed by atoms with van der Waals surface area (Å²) in [7, 11) is 0. The Morgan fingerprint density at radius 2 is 1.39 bits per heavy atom. The fourth-order valence-corrected chi connectivity index (χ4v) is 3.34. The van der Waals surface area contributed by atoms with Crippen molar-refractivity contribution in [3.63, 3.8) is 0 Å². The molecule has 1 aliphatic rings. The van der Waals surface area contributed by atoms with Gasteiger partial charge in [-0.25, -0.2) is 4.39 Å². The molecule has 1 N–H and O–H groups in total. The summed E-state index contributed by atoms with van der Waals surface area (Å²) < 4.78 is 94.2. The molecular formula is C19H19Cl2F7N2O. The van der Waals surface area contributed by atoms with Crippen molar-refractivity contribution in [2.24, 2.45) is 0 Å². The third-order valence-electron chi connectivity index (χ3n) is 4.56. The molecule has 12 heteroatoms. The average Bonchev–Trinajstić information content (AvgIpc) is 2.63. The summed E-state index contributed by atoms with van der Waals surface area (Å²) in [4.78, 5) is 1.89. The van der Waals surface area contributed by atoms with Gasteiger partial charge in [0, 0.05) is 26.2 Å². The molecule has 2 aromatic carbocycles. The normalized spacial score (nSPS) is 16.1. The van der Waals surface area contributed by atoms with Gasteiger partial charge in [-0.1, -0.05) is 18.2 Å². The minimum atomic E-state index is -4.86. The Hall–Kier alpha value is -1.75. The average molecular weight is 495 g/mol. The first-order chi connectivity index (χ1) is 13.5. The second-order valence-corrected chi connectivity index (χ2v) is 6.54. The Kier molecular flexibility index (Phi) is 9.43. The van der Waals surface area contributed by atoms with Crippen LogP contribution in [0.1, 0.15) is 22.7 Å². The van der Waals surface area contributed by atoms with Gasteiger partial charge in [-0.2, -0.15) is 13.2 Å². The van der Waals surface area contributed by atoms with Gasteiger partial charge in [-0.3, -0.25) is 4.90 Å². The van der Waals surface area contributed by atoms with Crippen molar-refractivity contribution in [1.82, 2.24) is 10.2 Å². The predicted molar refractivity (Wildman–Crippen MR) is 105 cm³/mol. The Morgan fingerprint density at radius 3 is 1.90 bits per heavy atom. The summed E-state index contributed by atoms with van der Waals surface area (Å²) in [5.41, 5.74) is -0.710. The van der Waals surface area contributed by atoms with Crippen LogP contribution in [0.4, 0.5) is 30.7 Å². The van der Waals surface area contributed by atoms with Crippen molar-refractivity contribution in [1.29, 1.82) is 0 Å². The van der Waals surface area contributed by atoms with Crippen LogP contribution < -0.4 is 10.1 Å². The van der Waals surface area contributed by atoms with E-state index >= 15 is 0 Å². The molecule has 1 fully saturated rings. The highest BCUT2D eigenvalue weighted by molar-refractivity contribution is 5.85. The van der Waals surface area contributed by atoms with Gasteiger partial charge in [0.05, 0.1) is 11.6 Å². The maximum atomic E-state index is 13.7. The molecule has 174 valence electrons. The summed E-state index contributed by atoms with van der Waals surface area (Å²) in [6.07, 6.45) is -9.71. The van der Waals surface area contributed by atoms with Crippen LogP contribution in [0, 0.1) is 5.82 Å². The van der Waals surface area contributed by atoms with Crippen LogP contribution in [0.3, 0.4) is 0 Å². The zero-order valence-corrected chi connectivity index (χ0v) is 17.4. The standard InChI is InChI=1S/C19H17F7N2O.2ClH/c20-16-6-3-13(11-15(16)18(21,22)23)17(28-9-7-27-8-10-28)12-1-4-14(5-2-12)29-19(24,25)26;;/h1-6,11,17,27H,7-10H2;2*1H/t17-;;/m0../s1. The monoisotopic (exact) mass is 494 g/mol. The van der Waals surface area contributed by atoms with E-state index in [9.17, 15) is 30.7 Å². The lowest BCUT2D eigenvalue weighted by Gasteiger charge is -2.36. The predicted octanol–water partition coefficient (Wildman–Crippen LogP) is 5.58. The van der Waals surface area contributed by atoms with Crippen LogP contribution >= 0.6 is 24.8 Å². The maximum absolute atomic E-state index is 13.7. The summed E-state index contributed by atoms with van der Waals surface area (Å²) in [6.45, 7) is 2.20. The molecule has 0 spiro atoms. The molecule has 1 heterocycles. The van der Waals surface area contributed by atoms with Crippen LogP contribution in [0.5, 0.6) is 5.75 Å². The molecule has 0 aromatic heterocycles. The number of benzene rings is 2. The van der Waals surface area contributed by atoms with Crippen molar-refractivity contribution in [3.8, 4) is 5.75 Å². The van der Waals surface area contributed by atoms with Gasteiger partial charge in [-0.15, -0.1) is 38.0 Å². The number of rotatable bonds is 4. The van der Waals surface area contributed by atoms with Crippen molar-refractivity contribution in [2.45, 2.75) is 18.6 Å². The minimum Gasteiger partial charge on any atom is -0.406 e. The number of nitrogens with zero attached hydrogens (tertiary/aromatic N) is 1. The Labute approximate surface area is 186 Å². The lowest BCUT2D eigenvalue weighted by molar-refractivity contribution is -0.274. The van der Waals surface area contributed by atoms with Gasteiger partial charge in [0.25, 0.3) is 0 Å². The SMILES string of the molecule is Cl.Cl.Fc1ccc([C@H](c2ccc(OC(F)(F)F)cc2)N2CCNCC2)cc1C(F)(F)F. The number of ether oxygens (including phenoxy) is 1. The lowest BCUT2D eigenvalue weighted by Crippen LogP contribution is -2.45. The number of alkyl halides is 6. The van der Waals surface area contributed by atoms with Gasteiger partial charge < -0.3 is 10.1 Å². The highest BCUT2D eigenvalue weighted by Gasteiger charge is 2.36. The van der Waals surface area contributed by atoms with Crippen LogP contribution in [0.25, 0.3) is 0 Å². The highest BCUT2D eigenvalue weighted by atomic mass is 35.5. The zero-order valence-electron chi connectivity index (χ0n) is 15.8. The number of hydrogen-bond acceptors (Lipinski definition) is 3. The van der Waals surface area contributed by atoms with Gasteiger partial charge in [0.2, 0.25) is 0 Å². The second kappa shape index (κ2) is 10.7. The highest BCUT2D eigenvalue weighted by Crippen LogP contribution is 2.37. The number of halogens is 9. The smallest absolute Gasteiger partial charge is 0.406 e. The molecule has 0 amide bonds. The summed E-state index contributed by atoms with van der Waals surface area (Å²) in [6, 6.07) is 7.03. The van der Waals surface area contributed by atoms with Crippen molar-refractivity contribution < 1.29 is 35.5 Å². The zero-order chi connectivity index (χ0) is 21.2. The van der Waals surface area contributed by atoms with Crippen molar-refractivity contribution in [2.75, 3.05) is 26.2 Å². The summed E-state index contributed by atoms with van der Waals surface area (Å²) in [5, 5.41) is 3.13. The van der Waals surface area contributed by atoms with Gasteiger partial charge >= 0.3 is 12.5 Å². The van der Waals surface area contributed by atoms with E-state index in [4.69, 9.17) is 0 Å². The summed E-state index contributed by atoms with van der Waals surface area (Å²) >= 11 is 0. The van der Waals surface area contributed by atoms with Gasteiger partial charge in [0.15, 0.2) is 0 Å². The fourth-order valence-electron chi connectivity index (χ4n) is 3.34. The van der Waals surface area contributed by atoms with Crippen LogP contribution in [0.15, 0.2) is 42.5 Å². The number of piperazine rings is 1. The summed E-state index contributed by atoms with van der Waals surface area (Å²) in [5.74, 6) is -1.82. The third-order valence-corrected chi connectivity index (χ3v) is 4.56. The van der Waals surface area contributed by atoms with Crippen molar-refractivity contribution in [3.05, 3.63) is 65.0 Å². The van der Waals surface area contributed by atoms with E-state index in [0.717, 1.165) is 24.3 Å². The first-order valence-corrected chi connectivity index (χ1v) is 8.72. The third kappa shape index (κ3) is 7.13.